The van der Waals surface area contributed by atoms with E-state index in [0.717, 1.165) is 3.57 Å². The van der Waals surface area contributed by atoms with Gasteiger partial charge in [-0.2, -0.15) is 5.26 Å². The summed E-state index contributed by atoms with van der Waals surface area (Å²) in [6.07, 6.45) is 1.42. The lowest BCUT2D eigenvalue weighted by Gasteiger charge is -2.10. The number of methoxy groups -OCH3 is 1. The molecule has 0 saturated carbocycles. The van der Waals surface area contributed by atoms with Crippen molar-refractivity contribution in [3.05, 3.63) is 93.1 Å². The maximum absolute atomic E-state index is 12.5. The van der Waals surface area contributed by atoms with E-state index in [1.54, 1.807) is 54.6 Å². The largest absolute Gasteiger partial charge is 0.493 e. The Balaban J connectivity index is 1.83. The number of hydrogen-bond donors (Lipinski definition) is 1. The molecule has 0 aromatic heterocycles. The predicted octanol–water partition coefficient (Wildman–Crippen LogP) is 5.06. The Kier molecular flexibility index (Phi) is 7.40. The van der Waals surface area contributed by atoms with Gasteiger partial charge in [0.1, 0.15) is 11.6 Å². The van der Waals surface area contributed by atoms with E-state index in [0.29, 0.717) is 22.6 Å². The number of nitriles is 1. The number of esters is 1. The molecule has 0 aliphatic heterocycles. The van der Waals surface area contributed by atoms with E-state index in [2.05, 4.69) is 27.9 Å². The smallest absolute Gasteiger partial charge is 0.343 e. The summed E-state index contributed by atoms with van der Waals surface area (Å²) in [5, 5.41) is 12.1. The van der Waals surface area contributed by atoms with Crippen molar-refractivity contribution in [1.82, 2.24) is 0 Å². The molecule has 0 spiro atoms. The number of nitrogens with one attached hydrogen (secondary N) is 1. The van der Waals surface area contributed by atoms with Gasteiger partial charge in [0, 0.05) is 9.26 Å². The van der Waals surface area contributed by atoms with Crippen molar-refractivity contribution >= 4 is 46.2 Å². The molecule has 31 heavy (non-hydrogen) atoms. The molecule has 0 unspecified atom stereocenters. The average molecular weight is 524 g/mol. The normalized spacial score (nSPS) is 10.7. The number of benzene rings is 3. The molecular weight excluding hydrogens is 507 g/mol. The minimum atomic E-state index is -0.544. The first-order valence-electron chi connectivity index (χ1n) is 9.14. The molecule has 0 heterocycles. The number of hydrogen-bond acceptors (Lipinski definition) is 5. The summed E-state index contributed by atoms with van der Waals surface area (Å²) in [7, 11) is 1.46. The van der Waals surface area contributed by atoms with Gasteiger partial charge < -0.3 is 14.8 Å². The highest BCUT2D eigenvalue weighted by atomic mass is 127. The minimum absolute atomic E-state index is 0.0935. The Bertz CT molecular complexity index is 1170. The Morgan fingerprint density at radius 2 is 1.71 bits per heavy atom. The summed E-state index contributed by atoms with van der Waals surface area (Å²) >= 11 is 2.16. The molecule has 7 heteroatoms. The Morgan fingerprint density at radius 1 is 1.00 bits per heavy atom. The summed E-state index contributed by atoms with van der Waals surface area (Å²) in [6.45, 7) is 0. The number of anilines is 1. The quantitative estimate of drug-likeness (QED) is 0.160. The summed E-state index contributed by atoms with van der Waals surface area (Å²) in [4.78, 5) is 24.9. The van der Waals surface area contributed by atoms with E-state index >= 15 is 0 Å². The van der Waals surface area contributed by atoms with E-state index in [1.807, 2.05) is 18.2 Å². The standard InChI is InChI=1S/C24H17IN2O4/c1-30-21-12-7-16(14-22(21)31-24(29)17-5-3-2-4-6-17)13-18(15-26)23(28)27-20-10-8-19(25)9-11-20/h2-14H,1H3,(H,27,28)/b18-13+. The van der Waals surface area contributed by atoms with Crippen molar-refractivity contribution in [2.24, 2.45) is 0 Å². The molecule has 6 nitrogen and oxygen atoms in total. The van der Waals surface area contributed by atoms with Gasteiger partial charge in [-0.05, 0) is 82.8 Å². The van der Waals surface area contributed by atoms with E-state index in [9.17, 15) is 14.9 Å². The molecule has 0 radical (unpaired) electrons. The van der Waals surface area contributed by atoms with Crippen molar-refractivity contribution in [2.45, 2.75) is 0 Å². The summed E-state index contributed by atoms with van der Waals surface area (Å²) < 4.78 is 11.8. The molecule has 1 N–H and O–H groups in total. The number of halogens is 1. The molecule has 154 valence electrons. The summed E-state index contributed by atoms with van der Waals surface area (Å²) in [5.41, 5.74) is 1.38. The van der Waals surface area contributed by atoms with Gasteiger partial charge in [0.25, 0.3) is 5.91 Å². The van der Waals surface area contributed by atoms with Crippen LogP contribution in [0, 0.1) is 14.9 Å². The fourth-order valence-corrected chi connectivity index (χ4v) is 3.00. The van der Waals surface area contributed by atoms with Gasteiger partial charge in [0.05, 0.1) is 12.7 Å². The van der Waals surface area contributed by atoms with E-state index < -0.39 is 11.9 Å². The van der Waals surface area contributed by atoms with E-state index in [1.165, 1.54) is 19.3 Å². The molecule has 0 aliphatic rings. The van der Waals surface area contributed by atoms with Crippen LogP contribution in [-0.2, 0) is 4.79 Å². The Hall–Kier alpha value is -3.64. The monoisotopic (exact) mass is 524 g/mol. The number of carbonyl (C=O) groups excluding carboxylic acids is 2. The summed E-state index contributed by atoms with van der Waals surface area (Å²) in [6, 6.07) is 22.5. The first-order valence-corrected chi connectivity index (χ1v) is 10.2. The second-order valence-corrected chi connectivity index (χ2v) is 7.54. The molecule has 0 bridgehead atoms. The van der Waals surface area contributed by atoms with Crippen molar-refractivity contribution in [2.75, 3.05) is 12.4 Å². The van der Waals surface area contributed by atoms with Gasteiger partial charge >= 0.3 is 5.97 Å². The molecule has 1 amide bonds. The zero-order valence-corrected chi connectivity index (χ0v) is 18.6. The van der Waals surface area contributed by atoms with Crippen LogP contribution in [0.5, 0.6) is 11.5 Å². The molecule has 0 saturated heterocycles. The number of ether oxygens (including phenoxy) is 2. The molecular formula is C24H17IN2O4. The Morgan fingerprint density at radius 3 is 2.35 bits per heavy atom. The number of amides is 1. The van der Waals surface area contributed by atoms with Crippen LogP contribution in [0.4, 0.5) is 5.69 Å². The van der Waals surface area contributed by atoms with Crippen molar-refractivity contribution in [3.63, 3.8) is 0 Å². The van der Waals surface area contributed by atoms with Crippen LogP contribution in [0.15, 0.2) is 78.4 Å². The van der Waals surface area contributed by atoms with Gasteiger partial charge in [-0.15, -0.1) is 0 Å². The van der Waals surface area contributed by atoms with Crippen LogP contribution >= 0.6 is 22.6 Å². The van der Waals surface area contributed by atoms with Gasteiger partial charge in [-0.3, -0.25) is 4.79 Å². The van der Waals surface area contributed by atoms with E-state index in [4.69, 9.17) is 9.47 Å². The van der Waals surface area contributed by atoms with Crippen molar-refractivity contribution in [1.29, 1.82) is 5.26 Å². The van der Waals surface area contributed by atoms with Gasteiger partial charge in [0.2, 0.25) is 0 Å². The zero-order chi connectivity index (χ0) is 22.2. The second kappa shape index (κ2) is 10.4. The third kappa shape index (κ3) is 5.93. The van der Waals surface area contributed by atoms with Crippen LogP contribution in [0.1, 0.15) is 15.9 Å². The van der Waals surface area contributed by atoms with Crippen molar-refractivity contribution < 1.29 is 19.1 Å². The van der Waals surface area contributed by atoms with Crippen LogP contribution in [0.3, 0.4) is 0 Å². The zero-order valence-electron chi connectivity index (χ0n) is 16.5. The molecule has 0 aliphatic carbocycles. The number of rotatable bonds is 6. The van der Waals surface area contributed by atoms with Gasteiger partial charge in [0.15, 0.2) is 11.5 Å². The first kappa shape index (κ1) is 22.1. The summed E-state index contributed by atoms with van der Waals surface area (Å²) in [5.74, 6) is -0.553. The maximum atomic E-state index is 12.5. The highest BCUT2D eigenvalue weighted by Crippen LogP contribution is 2.30. The number of nitrogens with zero attached hydrogens (tertiary/aromatic N) is 1. The molecule has 3 aromatic rings. The van der Waals surface area contributed by atoms with Crippen LogP contribution in [0.25, 0.3) is 6.08 Å². The topological polar surface area (TPSA) is 88.4 Å². The highest BCUT2D eigenvalue weighted by molar-refractivity contribution is 14.1. The first-order chi connectivity index (χ1) is 15.0. The fraction of sp³-hybridized carbons (Fsp3) is 0.0417. The molecule has 0 fully saturated rings. The maximum Gasteiger partial charge on any atom is 0.343 e. The van der Waals surface area contributed by atoms with Crippen LogP contribution < -0.4 is 14.8 Å². The molecule has 3 rings (SSSR count). The van der Waals surface area contributed by atoms with Gasteiger partial charge in [-0.25, -0.2) is 4.79 Å². The predicted molar refractivity (Wildman–Crippen MR) is 126 cm³/mol. The highest BCUT2D eigenvalue weighted by Gasteiger charge is 2.14. The lowest BCUT2D eigenvalue weighted by Crippen LogP contribution is -2.13. The SMILES string of the molecule is COc1ccc(/C=C(\C#N)C(=O)Nc2ccc(I)cc2)cc1OC(=O)c1ccccc1. The van der Waals surface area contributed by atoms with E-state index in [-0.39, 0.29) is 11.3 Å². The lowest BCUT2D eigenvalue weighted by molar-refractivity contribution is -0.112. The third-order valence-electron chi connectivity index (χ3n) is 4.18. The van der Waals surface area contributed by atoms with Gasteiger partial charge in [-0.1, -0.05) is 24.3 Å². The minimum Gasteiger partial charge on any atom is -0.493 e. The fourth-order valence-electron chi connectivity index (χ4n) is 2.64. The second-order valence-electron chi connectivity index (χ2n) is 6.30. The molecule has 3 aromatic carbocycles. The molecule has 0 atom stereocenters. The third-order valence-corrected chi connectivity index (χ3v) is 4.90. The lowest BCUT2D eigenvalue weighted by atomic mass is 10.1. The van der Waals surface area contributed by atoms with Crippen LogP contribution in [0.2, 0.25) is 0 Å². The van der Waals surface area contributed by atoms with Crippen LogP contribution in [-0.4, -0.2) is 19.0 Å². The number of carbonyl (C=O) groups is 2. The average Bonchev–Trinajstić information content (AvgIpc) is 2.79. The van der Waals surface area contributed by atoms with Crippen molar-refractivity contribution in [3.8, 4) is 17.6 Å². The Labute approximate surface area is 193 Å².